The second-order valence-electron chi connectivity index (χ2n) is 6.54. The van der Waals surface area contributed by atoms with Crippen molar-refractivity contribution in [3.63, 3.8) is 0 Å². The number of thioether (sulfide) groups is 1. The Morgan fingerprint density at radius 3 is 2.74 bits per heavy atom. The van der Waals surface area contributed by atoms with Crippen molar-refractivity contribution in [1.82, 2.24) is 5.32 Å². The van der Waals surface area contributed by atoms with E-state index in [4.69, 9.17) is 4.74 Å². The van der Waals surface area contributed by atoms with Gasteiger partial charge in [0.05, 0.1) is 5.60 Å². The minimum Gasteiger partial charge on any atom is -0.375 e. The molecule has 3 atom stereocenters. The summed E-state index contributed by atoms with van der Waals surface area (Å²) in [5.41, 5.74) is 0.235. The number of hydrogen-bond donors (Lipinski definition) is 1. The van der Waals surface area contributed by atoms with Crippen molar-refractivity contribution >= 4 is 11.8 Å². The smallest absolute Gasteiger partial charge is 0.0701 e. The summed E-state index contributed by atoms with van der Waals surface area (Å²) in [6, 6.07) is 0.685. The van der Waals surface area contributed by atoms with Crippen molar-refractivity contribution < 1.29 is 4.74 Å². The summed E-state index contributed by atoms with van der Waals surface area (Å²) in [6.45, 7) is 5.67. The predicted molar refractivity (Wildman–Crippen MR) is 84.9 cm³/mol. The lowest BCUT2D eigenvalue weighted by atomic mass is 9.76. The van der Waals surface area contributed by atoms with Crippen LogP contribution in [0.4, 0.5) is 0 Å². The molecule has 1 N–H and O–H groups in total. The molecule has 2 aliphatic heterocycles. The van der Waals surface area contributed by atoms with Gasteiger partial charge in [0.15, 0.2) is 0 Å². The van der Waals surface area contributed by atoms with E-state index in [9.17, 15) is 0 Å². The Morgan fingerprint density at radius 1 is 1.37 bits per heavy atom. The Morgan fingerprint density at radius 2 is 2.11 bits per heavy atom. The topological polar surface area (TPSA) is 21.3 Å². The second-order valence-corrected chi connectivity index (χ2v) is 7.77. The standard InChI is InChI=1S/C16H31NOS/c1-4-13(2)11-15(17-3)14-5-8-18-16(12-14)6-9-19-10-7-16/h13-15,17H,4-12H2,1-3H3. The Bertz CT molecular complexity index is 260. The van der Waals surface area contributed by atoms with Crippen LogP contribution in [0.2, 0.25) is 0 Å². The maximum atomic E-state index is 6.22. The van der Waals surface area contributed by atoms with Crippen LogP contribution in [0.15, 0.2) is 0 Å². The first-order valence-electron chi connectivity index (χ1n) is 8.08. The van der Waals surface area contributed by atoms with Gasteiger partial charge in [0.25, 0.3) is 0 Å². The van der Waals surface area contributed by atoms with Gasteiger partial charge in [-0.25, -0.2) is 0 Å². The first-order chi connectivity index (χ1) is 9.19. The van der Waals surface area contributed by atoms with Gasteiger partial charge in [-0.1, -0.05) is 20.3 Å². The monoisotopic (exact) mass is 285 g/mol. The number of nitrogens with one attached hydrogen (secondary N) is 1. The summed E-state index contributed by atoms with van der Waals surface area (Å²) in [7, 11) is 2.14. The lowest BCUT2D eigenvalue weighted by Gasteiger charge is -2.45. The van der Waals surface area contributed by atoms with Crippen LogP contribution in [-0.4, -0.2) is 36.8 Å². The Kier molecular flexibility index (Phi) is 6.04. The normalized spacial score (nSPS) is 30.2. The molecule has 0 aliphatic carbocycles. The third-order valence-electron chi connectivity index (χ3n) is 5.23. The summed E-state index contributed by atoms with van der Waals surface area (Å²) in [6.07, 6.45) is 7.69. The SMILES string of the molecule is CCC(C)CC(NC)C1CCOC2(CCSCC2)C1. The van der Waals surface area contributed by atoms with E-state index in [1.807, 2.05) is 0 Å². The van der Waals surface area contributed by atoms with Crippen molar-refractivity contribution in [3.8, 4) is 0 Å². The molecule has 0 aromatic heterocycles. The van der Waals surface area contributed by atoms with Crippen molar-refractivity contribution in [1.29, 1.82) is 0 Å². The first kappa shape index (κ1) is 15.7. The minimum absolute atomic E-state index is 0.235. The Labute approximate surface area is 123 Å². The van der Waals surface area contributed by atoms with Gasteiger partial charge in [0.1, 0.15) is 0 Å². The van der Waals surface area contributed by atoms with Gasteiger partial charge in [-0.2, -0.15) is 11.8 Å². The fourth-order valence-electron chi connectivity index (χ4n) is 3.65. The highest BCUT2D eigenvalue weighted by molar-refractivity contribution is 7.99. The third-order valence-corrected chi connectivity index (χ3v) is 6.21. The molecule has 0 aromatic rings. The van der Waals surface area contributed by atoms with Crippen molar-refractivity contribution in [2.75, 3.05) is 25.2 Å². The Hall–Kier alpha value is 0.270. The van der Waals surface area contributed by atoms with Gasteiger partial charge in [-0.15, -0.1) is 0 Å². The van der Waals surface area contributed by atoms with Crippen molar-refractivity contribution in [2.45, 2.75) is 64.0 Å². The van der Waals surface area contributed by atoms with E-state index in [1.54, 1.807) is 0 Å². The van der Waals surface area contributed by atoms with Crippen molar-refractivity contribution in [2.24, 2.45) is 11.8 Å². The van der Waals surface area contributed by atoms with Crippen LogP contribution in [-0.2, 0) is 4.74 Å². The molecule has 112 valence electrons. The van der Waals surface area contributed by atoms with Crippen LogP contribution in [0.1, 0.15) is 52.4 Å². The summed E-state index contributed by atoms with van der Waals surface area (Å²) in [4.78, 5) is 0. The molecule has 1 spiro atoms. The van der Waals surface area contributed by atoms with Crippen LogP contribution in [0.25, 0.3) is 0 Å². The molecular weight excluding hydrogens is 254 g/mol. The molecule has 0 saturated carbocycles. The average molecular weight is 285 g/mol. The molecule has 2 nitrogen and oxygen atoms in total. The van der Waals surface area contributed by atoms with Crippen LogP contribution in [0, 0.1) is 11.8 Å². The molecule has 2 fully saturated rings. The highest BCUT2D eigenvalue weighted by atomic mass is 32.2. The zero-order valence-corrected chi connectivity index (χ0v) is 13.7. The van der Waals surface area contributed by atoms with Gasteiger partial charge >= 0.3 is 0 Å². The fourth-order valence-corrected chi connectivity index (χ4v) is 4.88. The summed E-state index contributed by atoms with van der Waals surface area (Å²) >= 11 is 2.10. The van der Waals surface area contributed by atoms with Gasteiger partial charge in [-0.3, -0.25) is 0 Å². The molecule has 2 saturated heterocycles. The van der Waals surface area contributed by atoms with E-state index in [1.165, 1.54) is 50.0 Å². The van der Waals surface area contributed by atoms with Gasteiger partial charge < -0.3 is 10.1 Å². The fraction of sp³-hybridized carbons (Fsp3) is 1.00. The molecule has 3 unspecified atom stereocenters. The van der Waals surface area contributed by atoms with E-state index in [2.05, 4.69) is 38.0 Å². The van der Waals surface area contributed by atoms with Crippen molar-refractivity contribution in [3.05, 3.63) is 0 Å². The molecule has 3 heteroatoms. The number of hydrogen-bond acceptors (Lipinski definition) is 3. The van der Waals surface area contributed by atoms with E-state index < -0.39 is 0 Å². The molecule has 2 heterocycles. The van der Waals surface area contributed by atoms with Gasteiger partial charge in [0, 0.05) is 12.6 Å². The molecule has 19 heavy (non-hydrogen) atoms. The quantitative estimate of drug-likeness (QED) is 0.832. The lowest BCUT2D eigenvalue weighted by Crippen LogP contribution is -2.48. The largest absolute Gasteiger partial charge is 0.375 e. The lowest BCUT2D eigenvalue weighted by molar-refractivity contribution is -0.107. The van der Waals surface area contributed by atoms with Crippen LogP contribution in [0.5, 0.6) is 0 Å². The van der Waals surface area contributed by atoms with E-state index in [0.717, 1.165) is 18.4 Å². The zero-order chi connectivity index (χ0) is 13.7. The highest BCUT2D eigenvalue weighted by Crippen LogP contribution is 2.41. The zero-order valence-electron chi connectivity index (χ0n) is 12.9. The molecule has 0 radical (unpaired) electrons. The van der Waals surface area contributed by atoms with E-state index >= 15 is 0 Å². The van der Waals surface area contributed by atoms with Crippen LogP contribution < -0.4 is 5.32 Å². The van der Waals surface area contributed by atoms with Crippen LogP contribution >= 0.6 is 11.8 Å². The maximum absolute atomic E-state index is 6.22. The molecule has 0 bridgehead atoms. The van der Waals surface area contributed by atoms with Gasteiger partial charge in [0.2, 0.25) is 0 Å². The molecule has 0 amide bonds. The molecular formula is C16H31NOS. The Balaban J connectivity index is 1.94. The number of rotatable bonds is 5. The number of ether oxygens (including phenoxy) is 1. The van der Waals surface area contributed by atoms with Crippen LogP contribution in [0.3, 0.4) is 0 Å². The first-order valence-corrected chi connectivity index (χ1v) is 9.23. The predicted octanol–water partition coefficient (Wildman–Crippen LogP) is 3.70. The summed E-state index contributed by atoms with van der Waals surface area (Å²) < 4.78 is 6.22. The molecule has 0 aromatic carbocycles. The third kappa shape index (κ3) is 4.12. The second kappa shape index (κ2) is 7.33. The highest BCUT2D eigenvalue weighted by Gasteiger charge is 2.40. The molecule has 2 aliphatic rings. The maximum Gasteiger partial charge on any atom is 0.0701 e. The molecule has 2 rings (SSSR count). The minimum atomic E-state index is 0.235. The van der Waals surface area contributed by atoms with E-state index in [0.29, 0.717) is 6.04 Å². The van der Waals surface area contributed by atoms with Gasteiger partial charge in [-0.05, 0) is 62.5 Å². The average Bonchev–Trinajstić information content (AvgIpc) is 2.45. The summed E-state index contributed by atoms with van der Waals surface area (Å²) in [5, 5.41) is 3.60. The van der Waals surface area contributed by atoms with E-state index in [-0.39, 0.29) is 5.60 Å². The summed E-state index contributed by atoms with van der Waals surface area (Å²) in [5.74, 6) is 4.24.